The first-order valence-electron chi connectivity index (χ1n) is 12.5. The van der Waals surface area contributed by atoms with Gasteiger partial charge < -0.3 is 19.4 Å². The highest BCUT2D eigenvalue weighted by Gasteiger charge is 2.24. The van der Waals surface area contributed by atoms with Gasteiger partial charge in [0.15, 0.2) is 0 Å². The number of ether oxygens (including phenoxy) is 2. The van der Waals surface area contributed by atoms with E-state index in [2.05, 4.69) is 10.3 Å². The number of benzene rings is 3. The van der Waals surface area contributed by atoms with Crippen LogP contribution in [0.2, 0.25) is 0 Å². The van der Waals surface area contributed by atoms with Crippen molar-refractivity contribution in [3.8, 4) is 16.9 Å². The lowest BCUT2D eigenvalue weighted by Gasteiger charge is -2.22. The highest BCUT2D eigenvalue weighted by Crippen LogP contribution is 2.32. The summed E-state index contributed by atoms with van der Waals surface area (Å²) in [6.07, 6.45) is 6.92. The average molecular weight is 566 g/mol. The number of imidazole rings is 1. The average Bonchev–Trinajstić information content (AvgIpc) is 3.48. The summed E-state index contributed by atoms with van der Waals surface area (Å²) in [5.74, 6) is -0.691. The maximum atomic E-state index is 13.7. The van der Waals surface area contributed by atoms with Crippen molar-refractivity contribution in [1.29, 1.82) is 0 Å². The third kappa shape index (κ3) is 7.47. The summed E-state index contributed by atoms with van der Waals surface area (Å²) in [6, 6.07) is 15.9. The standard InChI is InChI=1S/C30H29F2N3O4S/c1-38-30(37)27(13-16-40-2)34-29(36)25-12-11-24(17-26(25)20-3-7-22(31)8-4-20)39-28(18-35-15-14-33-19-35)21-5-9-23(32)10-6-21/h3-12,14-15,17,19,27-28H,13,16,18H2,1-2H3,(H,34,36)/t27-,28?/m0/s1. The number of carbonyl (C=O) groups excluding carboxylic acids is 2. The quantitative estimate of drug-likeness (QED) is 0.223. The maximum absolute atomic E-state index is 13.7. The Kier molecular flexibility index (Phi) is 9.91. The molecule has 1 aromatic heterocycles. The molecule has 0 aliphatic carbocycles. The zero-order valence-corrected chi connectivity index (χ0v) is 22.9. The van der Waals surface area contributed by atoms with Crippen LogP contribution in [0, 0.1) is 11.6 Å². The lowest BCUT2D eigenvalue weighted by atomic mass is 9.98. The molecule has 0 saturated carbocycles. The molecule has 0 spiro atoms. The summed E-state index contributed by atoms with van der Waals surface area (Å²) >= 11 is 1.55. The Labute approximate surface area is 235 Å². The van der Waals surface area contributed by atoms with Gasteiger partial charge in [-0.15, -0.1) is 0 Å². The number of thioether (sulfide) groups is 1. The van der Waals surface area contributed by atoms with E-state index in [1.807, 2.05) is 10.8 Å². The van der Waals surface area contributed by atoms with Crippen LogP contribution < -0.4 is 10.1 Å². The van der Waals surface area contributed by atoms with Gasteiger partial charge in [-0.3, -0.25) is 4.79 Å². The second-order valence-corrected chi connectivity index (χ2v) is 9.95. The number of esters is 1. The minimum atomic E-state index is -0.819. The number of halogens is 2. The molecule has 0 radical (unpaired) electrons. The highest BCUT2D eigenvalue weighted by atomic mass is 32.2. The molecule has 3 aromatic carbocycles. The van der Waals surface area contributed by atoms with Gasteiger partial charge in [-0.2, -0.15) is 11.8 Å². The van der Waals surface area contributed by atoms with Crippen molar-refractivity contribution < 1.29 is 27.8 Å². The van der Waals surface area contributed by atoms with Crippen LogP contribution in [0.25, 0.3) is 11.1 Å². The second kappa shape index (κ2) is 13.7. The summed E-state index contributed by atoms with van der Waals surface area (Å²) in [6.45, 7) is 0.399. The third-order valence-corrected chi connectivity index (χ3v) is 6.89. The Hall–Kier alpha value is -4.18. The minimum absolute atomic E-state index is 0.282. The molecule has 1 unspecified atom stereocenters. The first-order valence-corrected chi connectivity index (χ1v) is 13.9. The second-order valence-electron chi connectivity index (χ2n) is 8.96. The summed E-state index contributed by atoms with van der Waals surface area (Å²) < 4.78 is 40.5. The van der Waals surface area contributed by atoms with Crippen LogP contribution in [0.15, 0.2) is 85.5 Å². The van der Waals surface area contributed by atoms with Gasteiger partial charge in [-0.1, -0.05) is 24.3 Å². The van der Waals surface area contributed by atoms with E-state index < -0.39 is 29.8 Å². The molecule has 208 valence electrons. The molecule has 0 saturated heterocycles. The van der Waals surface area contributed by atoms with Gasteiger partial charge in [0.05, 0.1) is 20.0 Å². The van der Waals surface area contributed by atoms with Crippen LogP contribution in [0.1, 0.15) is 28.4 Å². The van der Waals surface area contributed by atoms with E-state index in [1.165, 1.54) is 31.4 Å². The molecule has 1 heterocycles. The van der Waals surface area contributed by atoms with Crippen molar-refractivity contribution in [2.75, 3.05) is 19.1 Å². The molecule has 2 atom stereocenters. The predicted octanol–water partition coefficient (Wildman–Crippen LogP) is 5.67. The van der Waals surface area contributed by atoms with Crippen LogP contribution in [0.4, 0.5) is 8.78 Å². The monoisotopic (exact) mass is 565 g/mol. The highest BCUT2D eigenvalue weighted by molar-refractivity contribution is 7.98. The number of nitrogens with zero attached hydrogens (tertiary/aromatic N) is 2. The van der Waals surface area contributed by atoms with Gasteiger partial charge in [-0.05, 0) is 77.6 Å². The van der Waals surface area contributed by atoms with Crippen molar-refractivity contribution in [1.82, 2.24) is 14.9 Å². The largest absolute Gasteiger partial charge is 0.484 e. The summed E-state index contributed by atoms with van der Waals surface area (Å²) in [7, 11) is 1.28. The Bertz CT molecular complexity index is 1410. The third-order valence-electron chi connectivity index (χ3n) is 6.25. The summed E-state index contributed by atoms with van der Waals surface area (Å²) in [5.41, 5.74) is 2.10. The van der Waals surface area contributed by atoms with Gasteiger partial charge >= 0.3 is 5.97 Å². The molecule has 7 nitrogen and oxygen atoms in total. The normalized spacial score (nSPS) is 12.4. The fraction of sp³-hybridized carbons (Fsp3) is 0.233. The number of nitrogens with one attached hydrogen (secondary N) is 1. The van der Waals surface area contributed by atoms with Gasteiger partial charge in [0.2, 0.25) is 0 Å². The first-order chi connectivity index (χ1) is 19.4. The maximum Gasteiger partial charge on any atom is 0.328 e. The predicted molar refractivity (Wildman–Crippen MR) is 150 cm³/mol. The lowest BCUT2D eigenvalue weighted by Crippen LogP contribution is -2.42. The molecule has 0 aliphatic rings. The molecule has 4 rings (SSSR count). The molecule has 10 heteroatoms. The molecular weight excluding hydrogens is 536 g/mol. The molecule has 0 bridgehead atoms. The van der Waals surface area contributed by atoms with Crippen LogP contribution in [-0.4, -0.2) is 46.6 Å². The molecule has 0 aliphatic heterocycles. The van der Waals surface area contributed by atoms with Crippen molar-refractivity contribution in [3.05, 3.63) is 108 Å². The lowest BCUT2D eigenvalue weighted by molar-refractivity contribution is -0.142. The van der Waals surface area contributed by atoms with Gasteiger partial charge in [0.1, 0.15) is 29.5 Å². The van der Waals surface area contributed by atoms with Crippen molar-refractivity contribution >= 4 is 23.6 Å². The number of carbonyl (C=O) groups is 2. The summed E-state index contributed by atoms with van der Waals surface area (Å²) in [4.78, 5) is 29.8. The van der Waals surface area contributed by atoms with Crippen molar-refractivity contribution in [3.63, 3.8) is 0 Å². The molecule has 1 amide bonds. The fourth-order valence-corrected chi connectivity index (χ4v) is 4.64. The van der Waals surface area contributed by atoms with Crippen molar-refractivity contribution in [2.45, 2.75) is 25.1 Å². The minimum Gasteiger partial charge on any atom is -0.484 e. The Morgan fingerprint density at radius 2 is 1.73 bits per heavy atom. The van der Waals surface area contributed by atoms with E-state index >= 15 is 0 Å². The zero-order chi connectivity index (χ0) is 28.5. The van der Waals surface area contributed by atoms with E-state index in [0.717, 1.165) is 5.56 Å². The van der Waals surface area contributed by atoms with E-state index in [0.29, 0.717) is 35.6 Å². The Morgan fingerprint density at radius 3 is 2.35 bits per heavy atom. The Morgan fingerprint density at radius 1 is 1.02 bits per heavy atom. The Balaban J connectivity index is 1.69. The number of hydrogen-bond acceptors (Lipinski definition) is 6. The van der Waals surface area contributed by atoms with Gasteiger partial charge in [0, 0.05) is 18.0 Å². The number of amides is 1. The van der Waals surface area contributed by atoms with Gasteiger partial charge in [0.25, 0.3) is 5.91 Å². The number of hydrogen-bond donors (Lipinski definition) is 1. The van der Waals surface area contributed by atoms with Crippen LogP contribution in [0.5, 0.6) is 5.75 Å². The fourth-order valence-electron chi connectivity index (χ4n) is 4.16. The molecular formula is C30H29F2N3O4S. The SMILES string of the molecule is COC(=O)[C@H](CCSC)NC(=O)c1ccc(OC(Cn2ccnc2)c2ccc(F)cc2)cc1-c1ccc(F)cc1. The molecule has 40 heavy (non-hydrogen) atoms. The number of aromatic nitrogens is 2. The molecule has 0 fully saturated rings. The molecule has 4 aromatic rings. The number of rotatable bonds is 12. The van der Waals surface area contributed by atoms with E-state index in [-0.39, 0.29) is 11.4 Å². The van der Waals surface area contributed by atoms with E-state index in [4.69, 9.17) is 9.47 Å². The van der Waals surface area contributed by atoms with Crippen LogP contribution in [-0.2, 0) is 16.1 Å². The van der Waals surface area contributed by atoms with Crippen LogP contribution >= 0.6 is 11.8 Å². The van der Waals surface area contributed by atoms with E-state index in [9.17, 15) is 18.4 Å². The van der Waals surface area contributed by atoms with Crippen molar-refractivity contribution in [2.24, 2.45) is 0 Å². The molecule has 1 N–H and O–H groups in total. The summed E-state index contributed by atoms with van der Waals surface area (Å²) in [5, 5.41) is 2.77. The smallest absolute Gasteiger partial charge is 0.328 e. The topological polar surface area (TPSA) is 82.5 Å². The zero-order valence-electron chi connectivity index (χ0n) is 22.1. The van der Waals surface area contributed by atoms with Crippen LogP contribution in [0.3, 0.4) is 0 Å². The first kappa shape index (κ1) is 28.8. The van der Waals surface area contributed by atoms with E-state index in [1.54, 1.807) is 72.9 Å². The number of methoxy groups -OCH3 is 1. The van der Waals surface area contributed by atoms with Gasteiger partial charge in [-0.25, -0.2) is 18.6 Å².